The van der Waals surface area contributed by atoms with E-state index in [1.165, 1.54) is 10.9 Å². The number of rotatable bonds is 9. The Bertz CT molecular complexity index is 2520. The van der Waals surface area contributed by atoms with Gasteiger partial charge in [0.05, 0.1) is 0 Å². The lowest BCUT2D eigenvalue weighted by Gasteiger charge is -2.38. The van der Waals surface area contributed by atoms with Gasteiger partial charge in [-0.25, -0.2) is 0 Å². The van der Waals surface area contributed by atoms with Gasteiger partial charge in [0.1, 0.15) is 11.5 Å². The molecule has 1 aliphatic carbocycles. The average molecular weight is 779 g/mol. The van der Waals surface area contributed by atoms with E-state index >= 15 is 0 Å². The zero-order chi connectivity index (χ0) is 39.1. The van der Waals surface area contributed by atoms with Crippen LogP contribution in [-0.4, -0.2) is 0 Å². The van der Waals surface area contributed by atoms with Crippen molar-refractivity contribution in [1.29, 1.82) is 0 Å². The second-order valence-corrected chi connectivity index (χ2v) is 16.4. The van der Waals surface area contributed by atoms with Crippen molar-refractivity contribution in [3.63, 3.8) is 0 Å². The molecule has 9 rings (SSSR count). The number of allylic oxidation sites excluding steroid dienone is 9. The van der Waals surface area contributed by atoms with Crippen molar-refractivity contribution < 1.29 is 9.05 Å². The van der Waals surface area contributed by atoms with E-state index in [0.29, 0.717) is 0 Å². The van der Waals surface area contributed by atoms with Crippen LogP contribution in [0.15, 0.2) is 218 Å². The minimum Gasteiger partial charge on any atom is -0.448 e. The van der Waals surface area contributed by atoms with E-state index in [9.17, 15) is 0 Å². The molecule has 0 saturated heterocycles. The summed E-state index contributed by atoms with van der Waals surface area (Å²) in [6.07, 6.45) is 15.3. The molecule has 280 valence electrons. The molecule has 0 N–H and O–H groups in total. The van der Waals surface area contributed by atoms with E-state index in [-0.39, 0.29) is 0 Å². The zero-order valence-electron chi connectivity index (χ0n) is 32.2. The maximum absolute atomic E-state index is 6.89. The Morgan fingerprint density at radius 2 is 1.05 bits per heavy atom. The van der Waals surface area contributed by atoms with Crippen LogP contribution in [0.2, 0.25) is 0 Å². The van der Waals surface area contributed by atoms with Gasteiger partial charge in [-0.05, 0) is 82.9 Å². The highest BCUT2D eigenvalue weighted by atomic mass is 31.2. The summed E-state index contributed by atoms with van der Waals surface area (Å²) in [5, 5.41) is 2.24. The van der Waals surface area contributed by atoms with Gasteiger partial charge in [0.15, 0.2) is 0 Å². The van der Waals surface area contributed by atoms with Gasteiger partial charge in [-0.1, -0.05) is 161 Å². The van der Waals surface area contributed by atoms with Crippen LogP contribution in [0.1, 0.15) is 25.8 Å². The van der Waals surface area contributed by atoms with Crippen LogP contribution in [0.4, 0.5) is 17.1 Å². The highest BCUT2D eigenvalue weighted by Gasteiger charge is 2.35. The normalized spacial score (nSPS) is 16.1. The SMILES string of the molecule is C=CC1=C(C=C)P(N(C2=CC=CC=CC2)c2ccc(-c3ccc(N(c4ccccc4)P4Oc5ccccc5-c5ccccc54)cc3)cc2)Oc2ccccc21.CC. The highest BCUT2D eigenvalue weighted by Crippen LogP contribution is 2.61. The third-order valence-corrected chi connectivity index (χ3v) is 13.9. The molecule has 6 heteroatoms. The first-order valence-corrected chi connectivity index (χ1v) is 21.8. The van der Waals surface area contributed by atoms with Gasteiger partial charge in [0.2, 0.25) is 16.6 Å². The van der Waals surface area contributed by atoms with Crippen LogP contribution in [0.5, 0.6) is 11.5 Å². The van der Waals surface area contributed by atoms with E-state index < -0.39 is 16.6 Å². The van der Waals surface area contributed by atoms with Crippen molar-refractivity contribution in [2.45, 2.75) is 20.3 Å². The summed E-state index contributed by atoms with van der Waals surface area (Å²) in [4.78, 5) is 0. The standard InChI is InChI=1S/C49H38N2O2P2.C2H6/c1-3-42-43-22-12-15-25-46(43)52-54(48(42)4-2)50(38-18-8-5-6-9-19-38)40-32-28-36(29-33-40)37-30-34-41(35-31-37)51(39-20-10-7-11-21-39)55-49-27-17-14-24-45(49)44-23-13-16-26-47(44)53-55;1-2/h3-18,20-35H,1-2,19H2;1-2H3. The molecule has 0 saturated carbocycles. The Kier molecular flexibility index (Phi) is 11.5. The third-order valence-electron chi connectivity index (χ3n) is 9.88. The lowest BCUT2D eigenvalue weighted by molar-refractivity contribution is 0.611. The number of benzene rings is 6. The summed E-state index contributed by atoms with van der Waals surface area (Å²) in [5.41, 5.74) is 11.0. The molecule has 0 spiro atoms. The van der Waals surface area contributed by atoms with Crippen LogP contribution in [-0.2, 0) is 0 Å². The quantitative estimate of drug-likeness (QED) is 0.137. The number of para-hydroxylation sites is 3. The molecule has 4 nitrogen and oxygen atoms in total. The van der Waals surface area contributed by atoms with Gasteiger partial charge < -0.3 is 9.05 Å². The Labute approximate surface area is 339 Å². The number of hydrogen-bond acceptors (Lipinski definition) is 4. The highest BCUT2D eigenvalue weighted by molar-refractivity contribution is 7.63. The molecular weight excluding hydrogens is 735 g/mol. The number of fused-ring (bicyclic) bond motifs is 4. The minimum atomic E-state index is -1.31. The van der Waals surface area contributed by atoms with Crippen LogP contribution in [0, 0.1) is 0 Å². The topological polar surface area (TPSA) is 24.9 Å². The molecule has 0 radical (unpaired) electrons. The van der Waals surface area contributed by atoms with E-state index in [0.717, 1.165) is 73.8 Å². The minimum absolute atomic E-state index is 0.772. The van der Waals surface area contributed by atoms with Gasteiger partial charge in [0, 0.05) is 50.9 Å². The van der Waals surface area contributed by atoms with E-state index in [1.807, 2.05) is 50.3 Å². The Morgan fingerprint density at radius 3 is 1.72 bits per heavy atom. The summed E-state index contributed by atoms with van der Waals surface area (Å²) >= 11 is 0. The number of anilines is 3. The summed E-state index contributed by atoms with van der Waals surface area (Å²) in [5.74, 6) is 1.76. The maximum atomic E-state index is 6.89. The van der Waals surface area contributed by atoms with E-state index in [4.69, 9.17) is 9.05 Å². The molecule has 2 heterocycles. The average Bonchev–Trinajstić information content (AvgIpc) is 3.57. The molecule has 3 aliphatic rings. The molecule has 6 aromatic rings. The summed E-state index contributed by atoms with van der Waals surface area (Å²) in [7, 11) is -2.53. The van der Waals surface area contributed by atoms with Gasteiger partial charge in [-0.15, -0.1) is 0 Å². The Hall–Kier alpha value is -6.18. The molecule has 0 aromatic heterocycles. The third kappa shape index (κ3) is 7.43. The predicted molar refractivity (Wildman–Crippen MR) is 246 cm³/mol. The largest absolute Gasteiger partial charge is 0.448 e. The Balaban J connectivity index is 0.00000224. The number of nitrogens with zero attached hydrogens (tertiary/aromatic N) is 2. The van der Waals surface area contributed by atoms with E-state index in [2.05, 4.69) is 180 Å². The monoisotopic (exact) mass is 778 g/mol. The maximum Gasteiger partial charge on any atom is 0.230 e. The van der Waals surface area contributed by atoms with E-state index in [1.54, 1.807) is 0 Å². The fourth-order valence-corrected chi connectivity index (χ4v) is 11.3. The first-order valence-electron chi connectivity index (χ1n) is 19.3. The molecule has 2 unspecified atom stereocenters. The van der Waals surface area contributed by atoms with Crippen molar-refractivity contribution in [3.05, 3.63) is 224 Å². The van der Waals surface area contributed by atoms with Crippen LogP contribution < -0.4 is 23.7 Å². The van der Waals surface area contributed by atoms with Crippen molar-refractivity contribution in [1.82, 2.24) is 0 Å². The first kappa shape index (κ1) is 37.7. The second-order valence-electron chi connectivity index (χ2n) is 13.2. The van der Waals surface area contributed by atoms with Crippen molar-refractivity contribution >= 4 is 44.5 Å². The fourth-order valence-electron chi connectivity index (χ4n) is 7.26. The molecule has 0 bridgehead atoms. The zero-order valence-corrected chi connectivity index (χ0v) is 34.0. The van der Waals surface area contributed by atoms with Crippen LogP contribution in [0.3, 0.4) is 0 Å². The van der Waals surface area contributed by atoms with Gasteiger partial charge in [-0.3, -0.25) is 9.34 Å². The molecule has 6 aromatic carbocycles. The van der Waals surface area contributed by atoms with Crippen molar-refractivity contribution in [2.24, 2.45) is 0 Å². The van der Waals surface area contributed by atoms with Crippen LogP contribution >= 0.6 is 16.6 Å². The summed E-state index contributed by atoms with van der Waals surface area (Å²) in [6.45, 7) is 12.4. The predicted octanol–water partition coefficient (Wildman–Crippen LogP) is 14.9. The smallest absolute Gasteiger partial charge is 0.230 e. The lowest BCUT2D eigenvalue weighted by Crippen LogP contribution is -2.25. The second kappa shape index (κ2) is 17.3. The fraction of sp³-hybridized carbons (Fsp3) is 0.0588. The first-order chi connectivity index (χ1) is 28.2. The molecule has 2 aliphatic heterocycles. The van der Waals surface area contributed by atoms with Gasteiger partial charge in [0.25, 0.3) is 0 Å². The Morgan fingerprint density at radius 1 is 0.509 bits per heavy atom. The number of hydrogen-bond donors (Lipinski definition) is 0. The van der Waals surface area contributed by atoms with Crippen LogP contribution in [0.25, 0.3) is 27.8 Å². The molecule has 57 heavy (non-hydrogen) atoms. The molecule has 0 fully saturated rings. The van der Waals surface area contributed by atoms with Gasteiger partial charge >= 0.3 is 0 Å². The molecule has 0 amide bonds. The molecular formula is C51H44N2O2P2. The van der Waals surface area contributed by atoms with Crippen molar-refractivity contribution in [2.75, 3.05) is 9.34 Å². The van der Waals surface area contributed by atoms with Crippen molar-refractivity contribution in [3.8, 4) is 33.8 Å². The van der Waals surface area contributed by atoms with Gasteiger partial charge in [-0.2, -0.15) is 0 Å². The summed E-state index contributed by atoms with van der Waals surface area (Å²) < 4.78 is 18.5. The summed E-state index contributed by atoms with van der Waals surface area (Å²) in [6, 6.07) is 53.3. The molecule has 2 atom stereocenters. The lowest BCUT2D eigenvalue weighted by atomic mass is 10.0.